The summed E-state index contributed by atoms with van der Waals surface area (Å²) in [5.74, 6) is 0. The third-order valence-electron chi connectivity index (χ3n) is 3.14. The molecule has 0 N–H and O–H groups in total. The lowest BCUT2D eigenvalue weighted by molar-refractivity contribution is 0.121. The standard InChI is InChI=1S/C18H17BrNO2/c1-14(16-6-4-3-5-7-16)13-22-18(21)20(2)12-15-8-10-17(19)11-9-15/h1,3-11H,12-13H2,2H3. The molecule has 0 aliphatic heterocycles. The highest BCUT2D eigenvalue weighted by Gasteiger charge is 2.11. The summed E-state index contributed by atoms with van der Waals surface area (Å²) in [5.41, 5.74) is 2.43. The molecule has 0 heterocycles. The smallest absolute Gasteiger partial charge is 0.410 e. The fourth-order valence-corrected chi connectivity index (χ4v) is 2.18. The van der Waals surface area contributed by atoms with Crippen molar-refractivity contribution in [3.05, 3.63) is 76.8 Å². The number of rotatable bonds is 5. The van der Waals surface area contributed by atoms with Crippen LogP contribution in [0.3, 0.4) is 0 Å². The Bertz CT molecular complexity index is 638. The van der Waals surface area contributed by atoms with Crippen LogP contribution in [0.4, 0.5) is 4.79 Å². The van der Waals surface area contributed by atoms with Crippen molar-refractivity contribution in [2.75, 3.05) is 13.7 Å². The van der Waals surface area contributed by atoms with Gasteiger partial charge in [0, 0.05) is 18.1 Å². The van der Waals surface area contributed by atoms with Gasteiger partial charge in [-0.25, -0.2) is 4.79 Å². The molecule has 0 spiro atoms. The van der Waals surface area contributed by atoms with Crippen molar-refractivity contribution < 1.29 is 9.53 Å². The maximum atomic E-state index is 12.0. The Hall–Kier alpha value is -2.07. The molecule has 0 bridgehead atoms. The average Bonchev–Trinajstić information content (AvgIpc) is 2.55. The number of hydrogen-bond acceptors (Lipinski definition) is 2. The second-order valence-electron chi connectivity index (χ2n) is 4.93. The molecule has 3 nitrogen and oxygen atoms in total. The Morgan fingerprint density at radius 2 is 1.77 bits per heavy atom. The van der Waals surface area contributed by atoms with Crippen molar-refractivity contribution in [1.29, 1.82) is 0 Å². The molecule has 2 aromatic rings. The van der Waals surface area contributed by atoms with Crippen molar-refractivity contribution in [3.8, 4) is 0 Å². The molecular formula is C18H17BrNO2. The van der Waals surface area contributed by atoms with Gasteiger partial charge in [-0.3, -0.25) is 0 Å². The zero-order valence-electron chi connectivity index (χ0n) is 12.3. The second-order valence-corrected chi connectivity index (χ2v) is 5.84. The number of benzene rings is 2. The quantitative estimate of drug-likeness (QED) is 0.785. The topological polar surface area (TPSA) is 29.5 Å². The van der Waals surface area contributed by atoms with Gasteiger partial charge in [-0.15, -0.1) is 0 Å². The molecule has 1 amide bonds. The van der Waals surface area contributed by atoms with Crippen LogP contribution in [0.1, 0.15) is 11.1 Å². The van der Waals surface area contributed by atoms with E-state index in [9.17, 15) is 4.79 Å². The SMILES string of the molecule is [CH]=C(COC(=O)N(C)Cc1ccc(Br)cc1)c1ccccc1. The molecule has 0 saturated carbocycles. The molecule has 1 radical (unpaired) electrons. The molecule has 0 atom stereocenters. The number of ether oxygens (including phenoxy) is 1. The zero-order valence-corrected chi connectivity index (χ0v) is 13.9. The Kier molecular flexibility index (Phi) is 5.78. The maximum Gasteiger partial charge on any atom is 0.410 e. The average molecular weight is 359 g/mol. The van der Waals surface area contributed by atoms with Crippen LogP contribution in [0.5, 0.6) is 0 Å². The minimum atomic E-state index is -0.401. The zero-order chi connectivity index (χ0) is 15.9. The Balaban J connectivity index is 1.84. The first-order chi connectivity index (χ1) is 10.6. The van der Waals surface area contributed by atoms with Crippen LogP contribution >= 0.6 is 15.9 Å². The summed E-state index contributed by atoms with van der Waals surface area (Å²) >= 11 is 3.38. The van der Waals surface area contributed by atoms with Crippen molar-refractivity contribution >= 4 is 27.6 Å². The van der Waals surface area contributed by atoms with Gasteiger partial charge in [0.1, 0.15) is 6.61 Å². The number of carbonyl (C=O) groups is 1. The highest BCUT2D eigenvalue weighted by atomic mass is 79.9. The van der Waals surface area contributed by atoms with Gasteiger partial charge in [0.15, 0.2) is 0 Å². The second kappa shape index (κ2) is 7.80. The van der Waals surface area contributed by atoms with Crippen molar-refractivity contribution in [1.82, 2.24) is 4.90 Å². The minimum absolute atomic E-state index is 0.0769. The summed E-state index contributed by atoms with van der Waals surface area (Å²) in [4.78, 5) is 13.5. The first kappa shape index (κ1) is 16.3. The summed E-state index contributed by atoms with van der Waals surface area (Å²) in [7, 11) is 1.70. The summed E-state index contributed by atoms with van der Waals surface area (Å²) in [6, 6.07) is 17.3. The number of hydrogen-bond donors (Lipinski definition) is 0. The van der Waals surface area contributed by atoms with Crippen molar-refractivity contribution in [2.24, 2.45) is 0 Å². The van der Waals surface area contributed by atoms with Crippen LogP contribution in [-0.2, 0) is 11.3 Å². The molecule has 22 heavy (non-hydrogen) atoms. The summed E-state index contributed by atoms with van der Waals surface area (Å²) < 4.78 is 6.24. The van der Waals surface area contributed by atoms with E-state index in [1.54, 1.807) is 7.05 Å². The summed E-state index contributed by atoms with van der Waals surface area (Å²) in [6.45, 7) is 6.49. The van der Waals surface area contributed by atoms with Gasteiger partial charge >= 0.3 is 6.09 Å². The predicted molar refractivity (Wildman–Crippen MR) is 91.1 cm³/mol. The van der Waals surface area contributed by atoms with Crippen LogP contribution in [0, 0.1) is 6.58 Å². The van der Waals surface area contributed by atoms with Gasteiger partial charge in [0.05, 0.1) is 0 Å². The Morgan fingerprint density at radius 3 is 2.41 bits per heavy atom. The van der Waals surface area contributed by atoms with E-state index in [1.165, 1.54) is 4.90 Å². The van der Waals surface area contributed by atoms with Crippen molar-refractivity contribution in [2.45, 2.75) is 6.54 Å². The lowest BCUT2D eigenvalue weighted by Crippen LogP contribution is -2.27. The van der Waals surface area contributed by atoms with E-state index >= 15 is 0 Å². The lowest BCUT2D eigenvalue weighted by Gasteiger charge is -2.17. The number of halogens is 1. The molecular weight excluding hydrogens is 342 g/mol. The summed E-state index contributed by atoms with van der Waals surface area (Å²) in [6.07, 6.45) is -0.401. The molecule has 0 unspecified atom stereocenters. The number of nitrogens with zero attached hydrogens (tertiary/aromatic N) is 1. The molecule has 0 aromatic heterocycles. The van der Waals surface area contributed by atoms with E-state index in [0.29, 0.717) is 12.1 Å². The van der Waals surface area contributed by atoms with E-state index in [0.717, 1.165) is 15.6 Å². The highest BCUT2D eigenvalue weighted by molar-refractivity contribution is 9.10. The van der Waals surface area contributed by atoms with Gasteiger partial charge in [-0.05, 0) is 28.8 Å². The van der Waals surface area contributed by atoms with Gasteiger partial charge in [-0.2, -0.15) is 0 Å². The molecule has 0 aliphatic rings. The van der Waals surface area contributed by atoms with E-state index in [1.807, 2.05) is 54.6 Å². The lowest BCUT2D eigenvalue weighted by atomic mass is 10.1. The van der Waals surface area contributed by atoms with Crippen molar-refractivity contribution in [3.63, 3.8) is 0 Å². The monoisotopic (exact) mass is 358 g/mol. The molecule has 0 fully saturated rings. The van der Waals surface area contributed by atoms with Crippen LogP contribution in [0.15, 0.2) is 59.1 Å². The van der Waals surface area contributed by atoms with Crippen LogP contribution in [0.25, 0.3) is 5.57 Å². The van der Waals surface area contributed by atoms with E-state index < -0.39 is 6.09 Å². The first-order valence-electron chi connectivity index (χ1n) is 6.85. The van der Waals surface area contributed by atoms with Gasteiger partial charge in [-0.1, -0.05) is 65.0 Å². The first-order valence-corrected chi connectivity index (χ1v) is 7.64. The third-order valence-corrected chi connectivity index (χ3v) is 3.67. The molecule has 4 heteroatoms. The fraction of sp³-hybridized carbons (Fsp3) is 0.167. The molecule has 0 saturated heterocycles. The van der Waals surface area contributed by atoms with Crippen LogP contribution in [0.2, 0.25) is 0 Å². The van der Waals surface area contributed by atoms with Crippen LogP contribution < -0.4 is 0 Å². The fourth-order valence-electron chi connectivity index (χ4n) is 1.91. The number of carbonyl (C=O) groups excluding carboxylic acids is 1. The van der Waals surface area contributed by atoms with E-state index in [2.05, 4.69) is 15.9 Å². The minimum Gasteiger partial charge on any atom is -0.445 e. The van der Waals surface area contributed by atoms with E-state index in [4.69, 9.17) is 11.3 Å². The summed E-state index contributed by atoms with van der Waals surface area (Å²) in [5, 5.41) is 0. The highest BCUT2D eigenvalue weighted by Crippen LogP contribution is 2.14. The van der Waals surface area contributed by atoms with Crippen LogP contribution in [-0.4, -0.2) is 24.6 Å². The largest absolute Gasteiger partial charge is 0.445 e. The van der Waals surface area contributed by atoms with Gasteiger partial charge in [0.25, 0.3) is 0 Å². The maximum absolute atomic E-state index is 12.0. The predicted octanol–water partition coefficient (Wildman–Crippen LogP) is 4.53. The number of amides is 1. The normalized spacial score (nSPS) is 10.1. The molecule has 2 aromatic carbocycles. The van der Waals surface area contributed by atoms with E-state index in [-0.39, 0.29) is 6.61 Å². The molecule has 0 aliphatic carbocycles. The molecule has 2 rings (SSSR count). The van der Waals surface area contributed by atoms with Gasteiger partial charge < -0.3 is 9.64 Å². The Labute approximate surface area is 139 Å². The Morgan fingerprint density at radius 1 is 1.14 bits per heavy atom. The molecule has 113 valence electrons. The third kappa shape index (κ3) is 4.74. The van der Waals surface area contributed by atoms with Gasteiger partial charge in [0.2, 0.25) is 0 Å².